The van der Waals surface area contributed by atoms with Gasteiger partial charge in [0.05, 0.1) is 11.2 Å². The van der Waals surface area contributed by atoms with Gasteiger partial charge < -0.3 is 0 Å². The monoisotopic (exact) mass is 358 g/mol. The minimum atomic E-state index is -0.148. The fourth-order valence-corrected chi connectivity index (χ4v) is 3.86. The Morgan fingerprint density at radius 1 is 1.07 bits per heavy atom. The van der Waals surface area contributed by atoms with E-state index < -0.39 is 0 Å². The summed E-state index contributed by atoms with van der Waals surface area (Å²) in [5.74, 6) is -0.148. The zero-order valence-electron chi connectivity index (χ0n) is 15.1. The largest absolute Gasteiger partial charge is 0.289 e. The average Bonchev–Trinajstić information content (AvgIpc) is 3.24. The molecule has 1 aliphatic heterocycles. The van der Waals surface area contributed by atoms with E-state index in [1.54, 1.807) is 4.68 Å². The number of rotatable bonds is 3. The van der Waals surface area contributed by atoms with Crippen LogP contribution in [0.2, 0.25) is 0 Å². The van der Waals surface area contributed by atoms with Crippen molar-refractivity contribution < 1.29 is 4.39 Å². The number of benzene rings is 2. The third-order valence-corrected chi connectivity index (χ3v) is 5.15. The molecule has 0 aliphatic carbocycles. The number of aryl methyl sites for hydroxylation is 1. The Bertz CT molecular complexity index is 1120. The molecule has 0 radical (unpaired) electrons. The predicted molar refractivity (Wildman–Crippen MR) is 103 cm³/mol. The van der Waals surface area contributed by atoms with Gasteiger partial charge in [0.25, 0.3) is 0 Å². The molecule has 0 unspecified atom stereocenters. The summed E-state index contributed by atoms with van der Waals surface area (Å²) in [6.07, 6.45) is 3.77. The molecule has 2 aromatic carbocycles. The van der Waals surface area contributed by atoms with E-state index in [1.165, 1.54) is 5.56 Å². The molecule has 1 aliphatic rings. The molecule has 0 amide bonds. The van der Waals surface area contributed by atoms with Crippen molar-refractivity contribution in [2.45, 2.75) is 19.6 Å². The van der Waals surface area contributed by atoms with Crippen LogP contribution in [0.15, 0.2) is 60.9 Å². The highest BCUT2D eigenvalue weighted by atomic mass is 19.1. The molecule has 0 fully saturated rings. The first-order valence-electron chi connectivity index (χ1n) is 9.04. The van der Waals surface area contributed by atoms with Crippen LogP contribution in [0.5, 0.6) is 0 Å². The van der Waals surface area contributed by atoms with Gasteiger partial charge in [-0.15, -0.1) is 0 Å². The summed E-state index contributed by atoms with van der Waals surface area (Å²) < 4.78 is 17.1. The lowest BCUT2D eigenvalue weighted by Gasteiger charge is -2.16. The molecule has 0 spiro atoms. The summed E-state index contributed by atoms with van der Waals surface area (Å²) in [6.45, 7) is 2.15. The molecule has 27 heavy (non-hydrogen) atoms. The molecular formula is C22H19FN4. The Morgan fingerprint density at radius 2 is 2.00 bits per heavy atom. The molecule has 0 atom stereocenters. The van der Waals surface area contributed by atoms with Gasteiger partial charge in [0.1, 0.15) is 5.82 Å². The van der Waals surface area contributed by atoms with E-state index in [9.17, 15) is 0 Å². The van der Waals surface area contributed by atoms with E-state index in [0.717, 1.165) is 35.2 Å². The van der Waals surface area contributed by atoms with Crippen molar-refractivity contribution in [2.24, 2.45) is 7.05 Å². The molecule has 5 rings (SSSR count). The Hall–Kier alpha value is -3.05. The maximum Gasteiger partial charge on any atom is 0.135 e. The van der Waals surface area contributed by atoms with Gasteiger partial charge in [0.15, 0.2) is 0 Å². The highest BCUT2D eigenvalue weighted by molar-refractivity contribution is 5.84. The minimum Gasteiger partial charge on any atom is -0.289 e. The molecule has 4 nitrogen and oxygen atoms in total. The zero-order valence-corrected chi connectivity index (χ0v) is 15.1. The Labute approximate surface area is 156 Å². The van der Waals surface area contributed by atoms with Crippen LogP contribution in [-0.4, -0.2) is 19.7 Å². The van der Waals surface area contributed by atoms with Crippen LogP contribution in [-0.2, 0) is 26.7 Å². The smallest absolute Gasteiger partial charge is 0.135 e. The minimum absolute atomic E-state index is 0.148. The standard InChI is InChI=1S/C22H19FN4/c1-26-11-18-10-15(7-8-20(18)25-26)19-6-2-4-17(22(19)23)13-27-12-16-5-3-9-24-21(16)14-27/h2-11H,12-14H2,1H3. The number of aromatic nitrogens is 3. The van der Waals surface area contributed by atoms with Crippen LogP contribution in [0.3, 0.4) is 0 Å². The van der Waals surface area contributed by atoms with E-state index >= 15 is 4.39 Å². The van der Waals surface area contributed by atoms with Crippen LogP contribution in [0.1, 0.15) is 16.8 Å². The van der Waals surface area contributed by atoms with E-state index in [2.05, 4.69) is 21.0 Å². The summed E-state index contributed by atoms with van der Waals surface area (Å²) in [5.41, 5.74) is 5.47. The topological polar surface area (TPSA) is 34.0 Å². The summed E-state index contributed by atoms with van der Waals surface area (Å²) in [7, 11) is 1.89. The SMILES string of the molecule is Cn1cc2cc(-c3cccc(CN4Cc5cccnc5C4)c3F)ccc2n1. The van der Waals surface area contributed by atoms with Crippen molar-refractivity contribution in [3.63, 3.8) is 0 Å². The Balaban J connectivity index is 1.45. The first-order valence-corrected chi connectivity index (χ1v) is 9.04. The van der Waals surface area contributed by atoms with Gasteiger partial charge in [0, 0.05) is 55.6 Å². The number of fused-ring (bicyclic) bond motifs is 2. The molecule has 2 aromatic heterocycles. The lowest BCUT2D eigenvalue weighted by Crippen LogP contribution is -2.16. The Morgan fingerprint density at radius 3 is 2.89 bits per heavy atom. The molecule has 134 valence electrons. The number of hydrogen-bond donors (Lipinski definition) is 0. The van der Waals surface area contributed by atoms with Gasteiger partial charge in [-0.05, 0) is 29.3 Å². The van der Waals surface area contributed by atoms with Gasteiger partial charge in [-0.25, -0.2) is 4.39 Å². The van der Waals surface area contributed by atoms with E-state index in [1.807, 2.05) is 61.9 Å². The molecule has 3 heterocycles. The van der Waals surface area contributed by atoms with Crippen LogP contribution < -0.4 is 0 Å². The lowest BCUT2D eigenvalue weighted by molar-refractivity contribution is 0.270. The van der Waals surface area contributed by atoms with Crippen molar-refractivity contribution in [1.82, 2.24) is 19.7 Å². The molecule has 0 saturated heterocycles. The fourth-order valence-electron chi connectivity index (χ4n) is 3.86. The predicted octanol–water partition coefficient (Wildman–Crippen LogP) is 4.29. The third kappa shape index (κ3) is 2.90. The molecular weight excluding hydrogens is 339 g/mol. The summed E-state index contributed by atoms with van der Waals surface area (Å²) in [5, 5.41) is 5.40. The van der Waals surface area contributed by atoms with Gasteiger partial charge in [-0.1, -0.05) is 30.3 Å². The number of halogens is 1. The van der Waals surface area contributed by atoms with Crippen LogP contribution in [0, 0.1) is 5.82 Å². The van der Waals surface area contributed by atoms with Crippen molar-refractivity contribution in [3.05, 3.63) is 83.6 Å². The fraction of sp³-hybridized carbons (Fsp3) is 0.182. The molecule has 0 bridgehead atoms. The van der Waals surface area contributed by atoms with Crippen molar-refractivity contribution in [2.75, 3.05) is 0 Å². The first kappa shape index (κ1) is 16.1. The maximum absolute atomic E-state index is 15.3. The maximum atomic E-state index is 15.3. The molecule has 5 heteroatoms. The van der Waals surface area contributed by atoms with Gasteiger partial charge in [0.2, 0.25) is 0 Å². The number of nitrogens with zero attached hydrogens (tertiary/aromatic N) is 4. The second-order valence-electron chi connectivity index (χ2n) is 7.11. The normalized spacial score (nSPS) is 14.0. The second kappa shape index (κ2) is 6.28. The highest BCUT2D eigenvalue weighted by Crippen LogP contribution is 2.30. The highest BCUT2D eigenvalue weighted by Gasteiger charge is 2.21. The lowest BCUT2D eigenvalue weighted by atomic mass is 10.0. The van der Waals surface area contributed by atoms with E-state index in [-0.39, 0.29) is 5.82 Å². The first-order chi connectivity index (χ1) is 13.2. The number of hydrogen-bond acceptors (Lipinski definition) is 3. The summed E-state index contributed by atoms with van der Waals surface area (Å²) in [6, 6.07) is 15.6. The average molecular weight is 358 g/mol. The Kier molecular flexibility index (Phi) is 3.76. The molecule has 0 N–H and O–H groups in total. The van der Waals surface area contributed by atoms with Crippen LogP contribution >= 0.6 is 0 Å². The van der Waals surface area contributed by atoms with Crippen molar-refractivity contribution >= 4 is 10.9 Å². The molecule has 4 aromatic rings. The second-order valence-corrected chi connectivity index (χ2v) is 7.11. The van der Waals surface area contributed by atoms with Crippen molar-refractivity contribution in [3.8, 4) is 11.1 Å². The van der Waals surface area contributed by atoms with E-state index in [0.29, 0.717) is 17.7 Å². The third-order valence-electron chi connectivity index (χ3n) is 5.15. The summed E-state index contributed by atoms with van der Waals surface area (Å²) in [4.78, 5) is 6.65. The van der Waals surface area contributed by atoms with Gasteiger partial charge >= 0.3 is 0 Å². The van der Waals surface area contributed by atoms with Crippen LogP contribution in [0.25, 0.3) is 22.0 Å². The van der Waals surface area contributed by atoms with Gasteiger partial charge in [-0.3, -0.25) is 14.6 Å². The molecule has 0 saturated carbocycles. The zero-order chi connectivity index (χ0) is 18.4. The number of pyridine rings is 1. The van der Waals surface area contributed by atoms with Crippen molar-refractivity contribution in [1.29, 1.82) is 0 Å². The summed E-state index contributed by atoms with van der Waals surface area (Å²) >= 11 is 0. The van der Waals surface area contributed by atoms with Gasteiger partial charge in [-0.2, -0.15) is 5.10 Å². The van der Waals surface area contributed by atoms with E-state index in [4.69, 9.17) is 0 Å². The van der Waals surface area contributed by atoms with Crippen LogP contribution in [0.4, 0.5) is 4.39 Å². The quantitative estimate of drug-likeness (QED) is 0.548.